The van der Waals surface area contributed by atoms with Crippen molar-refractivity contribution in [1.82, 2.24) is 4.98 Å². The molecule has 5 nitrogen and oxygen atoms in total. The molecular formula is C22H27F3N2O3S3. The van der Waals surface area contributed by atoms with E-state index < -0.39 is 39.0 Å². The van der Waals surface area contributed by atoms with Crippen molar-refractivity contribution in [3.05, 3.63) is 34.7 Å². The highest BCUT2D eigenvalue weighted by atomic mass is 32.2. The molecule has 2 aromatic rings. The number of hydrogen-bond donors (Lipinski definition) is 1. The van der Waals surface area contributed by atoms with Crippen molar-refractivity contribution < 1.29 is 26.7 Å². The van der Waals surface area contributed by atoms with E-state index in [1.54, 1.807) is 23.6 Å². The first-order chi connectivity index (χ1) is 15.6. The average Bonchev–Trinajstić information content (AvgIpc) is 3.28. The molecule has 0 fully saturated rings. The van der Waals surface area contributed by atoms with E-state index in [1.807, 2.05) is 0 Å². The van der Waals surface area contributed by atoms with Crippen LogP contribution >= 0.6 is 23.1 Å². The Morgan fingerprint density at radius 3 is 2.55 bits per heavy atom. The van der Waals surface area contributed by atoms with Gasteiger partial charge in [-0.2, -0.15) is 18.4 Å². The Balaban J connectivity index is 2.07. The smallest absolute Gasteiger partial charge is 0.391 e. The quantitative estimate of drug-likeness (QED) is 0.260. The number of sulfone groups is 1. The molecule has 0 saturated carbocycles. The molecule has 2 rings (SSSR count). The van der Waals surface area contributed by atoms with Gasteiger partial charge in [0.25, 0.3) is 0 Å². The van der Waals surface area contributed by atoms with Crippen molar-refractivity contribution in [2.75, 3.05) is 17.3 Å². The zero-order valence-corrected chi connectivity index (χ0v) is 20.7. The lowest BCUT2D eigenvalue weighted by atomic mass is 10.1. The number of alkyl halides is 3. The predicted octanol–water partition coefficient (Wildman–Crippen LogP) is 5.93. The number of hydrogen-bond acceptors (Lipinski definition) is 7. The third kappa shape index (κ3) is 8.92. The lowest BCUT2D eigenvalue weighted by Gasteiger charge is -2.15. The van der Waals surface area contributed by atoms with Crippen molar-refractivity contribution in [3.8, 4) is 16.6 Å². The minimum Gasteiger partial charge on any atom is -0.391 e. The van der Waals surface area contributed by atoms with Crippen LogP contribution in [0.3, 0.4) is 0 Å². The number of aliphatic hydroxyl groups excluding tert-OH is 1. The molecule has 0 aliphatic carbocycles. The maximum atomic E-state index is 13.6. The van der Waals surface area contributed by atoms with Crippen LogP contribution in [0.15, 0.2) is 28.6 Å². The minimum absolute atomic E-state index is 0.0331. The van der Waals surface area contributed by atoms with E-state index in [1.165, 1.54) is 11.3 Å². The zero-order chi connectivity index (χ0) is 24.5. The highest BCUT2D eigenvalue weighted by Gasteiger charge is 2.36. The maximum Gasteiger partial charge on any atom is 0.417 e. The maximum absolute atomic E-state index is 13.6. The predicted molar refractivity (Wildman–Crippen MR) is 126 cm³/mol. The van der Waals surface area contributed by atoms with Gasteiger partial charge in [0.15, 0.2) is 9.84 Å². The van der Waals surface area contributed by atoms with Crippen LogP contribution in [0.2, 0.25) is 0 Å². The normalized spacial score (nSPS) is 13.1. The van der Waals surface area contributed by atoms with Crippen molar-refractivity contribution in [2.45, 2.75) is 62.8 Å². The van der Waals surface area contributed by atoms with Crippen LogP contribution in [-0.4, -0.2) is 41.9 Å². The molecule has 0 aliphatic rings. The van der Waals surface area contributed by atoms with E-state index in [0.29, 0.717) is 11.3 Å². The second-order valence-corrected chi connectivity index (χ2v) is 11.9. The van der Waals surface area contributed by atoms with E-state index in [9.17, 15) is 32.0 Å². The van der Waals surface area contributed by atoms with Gasteiger partial charge in [-0.15, -0.1) is 23.1 Å². The SMILES string of the molecule is CCCCCCCCS(=O)(=O)CC(O)CSc1nc(-c2cccs2)cc(C(F)(F)F)c1C#N. The van der Waals surface area contributed by atoms with Gasteiger partial charge in [0, 0.05) is 5.75 Å². The van der Waals surface area contributed by atoms with Crippen LogP contribution in [0, 0.1) is 11.3 Å². The van der Waals surface area contributed by atoms with Crippen molar-refractivity contribution in [1.29, 1.82) is 5.26 Å². The largest absolute Gasteiger partial charge is 0.417 e. The number of pyridine rings is 1. The summed E-state index contributed by atoms with van der Waals surface area (Å²) in [7, 11) is -3.50. The van der Waals surface area contributed by atoms with Crippen molar-refractivity contribution >= 4 is 32.9 Å². The van der Waals surface area contributed by atoms with Crippen molar-refractivity contribution in [2.24, 2.45) is 0 Å². The molecule has 11 heteroatoms. The Morgan fingerprint density at radius 1 is 1.24 bits per heavy atom. The second-order valence-electron chi connectivity index (χ2n) is 7.67. The third-order valence-electron chi connectivity index (χ3n) is 4.84. The number of rotatable bonds is 13. The summed E-state index contributed by atoms with van der Waals surface area (Å²) in [5.74, 6) is -0.704. The van der Waals surface area contributed by atoms with E-state index in [-0.39, 0.29) is 22.2 Å². The van der Waals surface area contributed by atoms with E-state index in [0.717, 1.165) is 49.9 Å². The summed E-state index contributed by atoms with van der Waals surface area (Å²) in [4.78, 5) is 4.71. The summed E-state index contributed by atoms with van der Waals surface area (Å²) in [6, 6.07) is 5.71. The van der Waals surface area contributed by atoms with Crippen LogP contribution in [0.5, 0.6) is 0 Å². The fraction of sp³-hybridized carbons (Fsp3) is 0.545. The molecule has 0 aromatic carbocycles. The molecule has 182 valence electrons. The lowest BCUT2D eigenvalue weighted by Crippen LogP contribution is -2.25. The van der Waals surface area contributed by atoms with Gasteiger partial charge in [-0.05, 0) is 23.9 Å². The number of aromatic nitrogens is 1. The van der Waals surface area contributed by atoms with Gasteiger partial charge in [-0.3, -0.25) is 0 Å². The third-order valence-corrected chi connectivity index (χ3v) is 8.66. The van der Waals surface area contributed by atoms with Gasteiger partial charge in [0.05, 0.1) is 39.3 Å². The highest BCUT2D eigenvalue weighted by molar-refractivity contribution is 7.99. The first-order valence-electron chi connectivity index (χ1n) is 10.6. The summed E-state index contributed by atoms with van der Waals surface area (Å²) in [6.07, 6.45) is -0.474. The van der Waals surface area contributed by atoms with Crippen LogP contribution in [0.25, 0.3) is 10.6 Å². The Labute approximate surface area is 201 Å². The fourth-order valence-corrected chi connectivity index (χ4v) is 6.49. The number of thiophene rings is 1. The van der Waals surface area contributed by atoms with Crippen molar-refractivity contribution in [3.63, 3.8) is 0 Å². The Morgan fingerprint density at radius 2 is 1.94 bits per heavy atom. The zero-order valence-electron chi connectivity index (χ0n) is 18.3. The number of nitriles is 1. The molecule has 0 bridgehead atoms. The minimum atomic E-state index is -4.76. The molecule has 1 atom stereocenters. The average molecular weight is 521 g/mol. The van der Waals surface area contributed by atoms with Gasteiger partial charge in [-0.1, -0.05) is 45.1 Å². The van der Waals surface area contributed by atoms with E-state index in [4.69, 9.17) is 0 Å². The van der Waals surface area contributed by atoms with Gasteiger partial charge < -0.3 is 5.11 Å². The number of unbranched alkanes of at least 4 members (excludes halogenated alkanes) is 5. The molecule has 1 unspecified atom stereocenters. The van der Waals surface area contributed by atoms with Gasteiger partial charge in [0.2, 0.25) is 0 Å². The van der Waals surface area contributed by atoms with Gasteiger partial charge in [0.1, 0.15) is 11.1 Å². The first-order valence-corrected chi connectivity index (χ1v) is 14.3. The van der Waals surface area contributed by atoms with Crippen LogP contribution in [-0.2, 0) is 16.0 Å². The standard InChI is InChI=1S/C22H27F3N2O3S3/c1-2-3-4-5-6-7-11-33(29,30)15-16(28)14-32-21-17(13-26)18(22(23,24)25)12-19(27-21)20-9-8-10-31-20/h8-10,12,16,28H,2-7,11,14-15H2,1H3. The Kier molecular flexibility index (Phi) is 10.7. The number of thioether (sulfide) groups is 1. The molecule has 0 aliphatic heterocycles. The summed E-state index contributed by atoms with van der Waals surface area (Å²) in [5.41, 5.74) is -1.66. The summed E-state index contributed by atoms with van der Waals surface area (Å²) in [5, 5.41) is 21.1. The molecule has 0 amide bonds. The molecule has 0 spiro atoms. The number of halogens is 3. The Bertz CT molecular complexity index is 1030. The molecule has 2 heterocycles. The number of nitrogens with zero attached hydrogens (tertiary/aromatic N) is 2. The van der Waals surface area contributed by atoms with Crippen LogP contribution < -0.4 is 0 Å². The molecule has 33 heavy (non-hydrogen) atoms. The highest BCUT2D eigenvalue weighted by Crippen LogP contribution is 2.38. The lowest BCUT2D eigenvalue weighted by molar-refractivity contribution is -0.138. The van der Waals surface area contributed by atoms with Crippen LogP contribution in [0.1, 0.15) is 56.6 Å². The van der Waals surface area contributed by atoms with Crippen LogP contribution in [0.4, 0.5) is 13.2 Å². The number of aliphatic hydroxyl groups is 1. The van der Waals surface area contributed by atoms with Gasteiger partial charge >= 0.3 is 6.18 Å². The topological polar surface area (TPSA) is 91.1 Å². The first kappa shape index (κ1) is 27.6. The molecule has 0 saturated heterocycles. The summed E-state index contributed by atoms with van der Waals surface area (Å²) >= 11 is 1.97. The Hall–Kier alpha value is -1.61. The molecule has 1 N–H and O–H groups in total. The molecular weight excluding hydrogens is 493 g/mol. The fourth-order valence-electron chi connectivity index (χ4n) is 3.21. The second kappa shape index (κ2) is 12.7. The molecule has 2 aromatic heterocycles. The monoisotopic (exact) mass is 520 g/mol. The summed E-state index contributed by atoms with van der Waals surface area (Å²) < 4.78 is 65.2. The van der Waals surface area contributed by atoms with Gasteiger partial charge in [-0.25, -0.2) is 13.4 Å². The van der Waals surface area contributed by atoms with E-state index >= 15 is 0 Å². The summed E-state index contributed by atoms with van der Waals surface area (Å²) in [6.45, 7) is 2.10. The van der Waals surface area contributed by atoms with E-state index in [2.05, 4.69) is 11.9 Å². The molecule has 0 radical (unpaired) electrons.